The predicted molar refractivity (Wildman–Crippen MR) is 47.6 cm³/mol. The van der Waals surface area contributed by atoms with Crippen molar-refractivity contribution in [2.75, 3.05) is 6.61 Å². The van der Waals surface area contributed by atoms with E-state index in [1.807, 2.05) is 18.2 Å². The first-order valence-electron chi connectivity index (χ1n) is 4.25. The summed E-state index contributed by atoms with van der Waals surface area (Å²) in [4.78, 5) is 0. The highest BCUT2D eigenvalue weighted by Crippen LogP contribution is 2.25. The molecule has 1 aromatic carbocycles. The van der Waals surface area contributed by atoms with Crippen LogP contribution in [0.1, 0.15) is 12.0 Å². The number of benzene rings is 1. The standard InChI is InChI=1S/C10H13NO/c11-10(8-12-10)7-6-9-4-2-1-3-5-9/h1-5H,6-8,11H2/t10-/m0/s1. The SMILES string of the molecule is N[C@]1(CCc2ccccc2)CO1. The van der Waals surface area contributed by atoms with Gasteiger partial charge in [-0.1, -0.05) is 30.3 Å². The maximum Gasteiger partial charge on any atom is 0.140 e. The predicted octanol–water partition coefficient (Wildman–Crippen LogP) is 1.30. The van der Waals surface area contributed by atoms with E-state index in [0.717, 1.165) is 19.4 Å². The fraction of sp³-hybridized carbons (Fsp3) is 0.400. The summed E-state index contributed by atoms with van der Waals surface area (Å²) in [7, 11) is 0. The van der Waals surface area contributed by atoms with Crippen molar-refractivity contribution in [2.24, 2.45) is 5.73 Å². The largest absolute Gasteiger partial charge is 0.354 e. The minimum atomic E-state index is -0.296. The number of ether oxygens (including phenoxy) is 1. The minimum absolute atomic E-state index is 0.296. The third-order valence-electron chi connectivity index (χ3n) is 2.19. The average Bonchev–Trinajstić information content (AvgIpc) is 2.84. The molecule has 2 heteroatoms. The van der Waals surface area contributed by atoms with Crippen molar-refractivity contribution >= 4 is 0 Å². The van der Waals surface area contributed by atoms with Crippen molar-refractivity contribution in [1.29, 1.82) is 0 Å². The van der Waals surface area contributed by atoms with Gasteiger partial charge in [-0.25, -0.2) is 0 Å². The van der Waals surface area contributed by atoms with Crippen molar-refractivity contribution in [3.05, 3.63) is 35.9 Å². The van der Waals surface area contributed by atoms with Crippen LogP contribution < -0.4 is 5.73 Å². The molecule has 0 saturated carbocycles. The van der Waals surface area contributed by atoms with Crippen molar-refractivity contribution in [2.45, 2.75) is 18.6 Å². The third kappa shape index (κ3) is 1.84. The van der Waals surface area contributed by atoms with Gasteiger partial charge in [0.25, 0.3) is 0 Å². The molecule has 1 aliphatic heterocycles. The molecule has 1 atom stereocenters. The molecular weight excluding hydrogens is 150 g/mol. The maximum atomic E-state index is 5.77. The molecule has 2 nitrogen and oxygen atoms in total. The molecule has 0 aliphatic carbocycles. The molecule has 64 valence electrons. The van der Waals surface area contributed by atoms with Crippen LogP contribution in [0.5, 0.6) is 0 Å². The van der Waals surface area contributed by atoms with E-state index in [0.29, 0.717) is 0 Å². The van der Waals surface area contributed by atoms with Crippen LogP contribution in [0, 0.1) is 0 Å². The van der Waals surface area contributed by atoms with Gasteiger partial charge in [0.2, 0.25) is 0 Å². The van der Waals surface area contributed by atoms with Crippen molar-refractivity contribution < 1.29 is 4.74 Å². The molecule has 0 amide bonds. The first-order chi connectivity index (χ1) is 5.79. The second-order valence-electron chi connectivity index (χ2n) is 3.34. The zero-order valence-electron chi connectivity index (χ0n) is 6.99. The highest BCUT2D eigenvalue weighted by atomic mass is 16.6. The fourth-order valence-corrected chi connectivity index (χ4v) is 1.24. The van der Waals surface area contributed by atoms with Crippen LogP contribution >= 0.6 is 0 Å². The molecule has 0 radical (unpaired) electrons. The molecule has 1 saturated heterocycles. The van der Waals surface area contributed by atoms with Gasteiger partial charge in [-0.15, -0.1) is 0 Å². The Morgan fingerprint density at radius 1 is 1.33 bits per heavy atom. The molecule has 0 spiro atoms. The fourth-order valence-electron chi connectivity index (χ4n) is 1.24. The Labute approximate surface area is 72.3 Å². The zero-order valence-corrected chi connectivity index (χ0v) is 6.99. The van der Waals surface area contributed by atoms with Gasteiger partial charge in [0, 0.05) is 0 Å². The topological polar surface area (TPSA) is 38.5 Å². The Morgan fingerprint density at radius 3 is 2.58 bits per heavy atom. The van der Waals surface area contributed by atoms with Crippen molar-refractivity contribution in [1.82, 2.24) is 0 Å². The summed E-state index contributed by atoms with van der Waals surface area (Å²) in [5.41, 5.74) is 6.81. The molecule has 1 aromatic rings. The molecule has 2 rings (SSSR count). The molecule has 0 aromatic heterocycles. The van der Waals surface area contributed by atoms with Crippen LogP contribution in [-0.2, 0) is 11.2 Å². The third-order valence-corrected chi connectivity index (χ3v) is 2.19. The Bertz CT molecular complexity index is 254. The van der Waals surface area contributed by atoms with Gasteiger partial charge in [-0.05, 0) is 18.4 Å². The number of hydrogen-bond acceptors (Lipinski definition) is 2. The maximum absolute atomic E-state index is 5.77. The first kappa shape index (κ1) is 7.77. The molecule has 1 aliphatic rings. The Hall–Kier alpha value is -0.860. The smallest absolute Gasteiger partial charge is 0.140 e. The van der Waals surface area contributed by atoms with E-state index in [1.165, 1.54) is 5.56 Å². The van der Waals surface area contributed by atoms with Gasteiger partial charge in [0.15, 0.2) is 0 Å². The zero-order chi connectivity index (χ0) is 8.44. The van der Waals surface area contributed by atoms with E-state index < -0.39 is 0 Å². The number of hydrogen-bond donors (Lipinski definition) is 1. The number of rotatable bonds is 3. The number of aryl methyl sites for hydroxylation is 1. The number of nitrogens with two attached hydrogens (primary N) is 1. The lowest BCUT2D eigenvalue weighted by Crippen LogP contribution is -2.24. The summed E-state index contributed by atoms with van der Waals surface area (Å²) >= 11 is 0. The average molecular weight is 163 g/mol. The van der Waals surface area contributed by atoms with Crippen LogP contribution in [0.2, 0.25) is 0 Å². The Balaban J connectivity index is 1.88. The van der Waals surface area contributed by atoms with Crippen LogP contribution in [0.4, 0.5) is 0 Å². The highest BCUT2D eigenvalue weighted by Gasteiger charge is 2.39. The minimum Gasteiger partial charge on any atom is -0.354 e. The van der Waals surface area contributed by atoms with Gasteiger partial charge in [0.05, 0.1) is 6.61 Å². The lowest BCUT2D eigenvalue weighted by atomic mass is 10.1. The Kier molecular flexibility index (Phi) is 1.87. The lowest BCUT2D eigenvalue weighted by molar-refractivity contribution is 0.296. The molecular formula is C10H13NO. The Morgan fingerprint density at radius 2 is 2.00 bits per heavy atom. The summed E-state index contributed by atoms with van der Waals surface area (Å²) in [6, 6.07) is 10.4. The lowest BCUT2D eigenvalue weighted by Gasteiger charge is -2.04. The van der Waals surface area contributed by atoms with E-state index in [2.05, 4.69) is 12.1 Å². The summed E-state index contributed by atoms with van der Waals surface area (Å²) in [5, 5.41) is 0. The van der Waals surface area contributed by atoms with E-state index >= 15 is 0 Å². The van der Waals surface area contributed by atoms with Gasteiger partial charge in [0.1, 0.15) is 5.72 Å². The summed E-state index contributed by atoms with van der Waals surface area (Å²) in [6.45, 7) is 0.722. The summed E-state index contributed by atoms with van der Waals surface area (Å²) < 4.78 is 5.10. The molecule has 2 N–H and O–H groups in total. The van der Waals surface area contributed by atoms with Crippen LogP contribution in [0.15, 0.2) is 30.3 Å². The first-order valence-corrected chi connectivity index (χ1v) is 4.25. The van der Waals surface area contributed by atoms with Crippen LogP contribution in [-0.4, -0.2) is 12.3 Å². The van der Waals surface area contributed by atoms with E-state index in [-0.39, 0.29) is 5.72 Å². The van der Waals surface area contributed by atoms with Crippen LogP contribution in [0.3, 0.4) is 0 Å². The molecule has 1 fully saturated rings. The normalized spacial score (nSPS) is 27.1. The van der Waals surface area contributed by atoms with E-state index in [1.54, 1.807) is 0 Å². The van der Waals surface area contributed by atoms with Crippen molar-refractivity contribution in [3.8, 4) is 0 Å². The molecule has 0 bridgehead atoms. The summed E-state index contributed by atoms with van der Waals surface area (Å²) in [5.74, 6) is 0. The highest BCUT2D eigenvalue weighted by molar-refractivity contribution is 5.15. The van der Waals surface area contributed by atoms with Gasteiger partial charge in [-0.2, -0.15) is 0 Å². The molecule has 1 heterocycles. The van der Waals surface area contributed by atoms with Crippen molar-refractivity contribution in [3.63, 3.8) is 0 Å². The monoisotopic (exact) mass is 163 g/mol. The second kappa shape index (κ2) is 2.88. The quantitative estimate of drug-likeness (QED) is 0.682. The summed E-state index contributed by atoms with van der Waals surface area (Å²) in [6.07, 6.45) is 1.94. The number of epoxide rings is 1. The van der Waals surface area contributed by atoms with E-state index in [4.69, 9.17) is 10.5 Å². The van der Waals surface area contributed by atoms with Gasteiger partial charge in [-0.3, -0.25) is 0 Å². The molecule has 0 unspecified atom stereocenters. The van der Waals surface area contributed by atoms with Crippen LogP contribution in [0.25, 0.3) is 0 Å². The van der Waals surface area contributed by atoms with E-state index in [9.17, 15) is 0 Å². The molecule has 12 heavy (non-hydrogen) atoms. The van der Waals surface area contributed by atoms with Gasteiger partial charge >= 0.3 is 0 Å². The van der Waals surface area contributed by atoms with Gasteiger partial charge < -0.3 is 10.5 Å². The second-order valence-corrected chi connectivity index (χ2v) is 3.34.